The van der Waals surface area contributed by atoms with E-state index in [-0.39, 0.29) is 11.3 Å². The Morgan fingerprint density at radius 2 is 1.85 bits per heavy atom. The van der Waals surface area contributed by atoms with Crippen molar-refractivity contribution >= 4 is 40.6 Å². The highest BCUT2D eigenvalue weighted by Gasteiger charge is 2.19. The molecule has 0 aliphatic rings. The predicted octanol–water partition coefficient (Wildman–Crippen LogP) is 3.55. The monoisotopic (exact) mass is 397 g/mol. The summed E-state index contributed by atoms with van der Waals surface area (Å²) < 4.78 is 3.05. The largest absolute Gasteiger partial charge is 0.294 e. The van der Waals surface area contributed by atoms with E-state index >= 15 is 0 Å². The molecule has 140 valence electrons. The first-order valence-corrected chi connectivity index (χ1v) is 10.5. The van der Waals surface area contributed by atoms with Gasteiger partial charge in [-0.25, -0.2) is 0 Å². The van der Waals surface area contributed by atoms with Crippen LogP contribution >= 0.6 is 22.7 Å². The number of thiophene rings is 1. The maximum Gasteiger partial charge on any atom is 0.269 e. The number of carbonyl (C=O) groups excluding carboxylic acids is 1. The number of aryl methyl sites for hydroxylation is 1. The summed E-state index contributed by atoms with van der Waals surface area (Å²) in [5.74, 6) is 0.0177. The van der Waals surface area contributed by atoms with Crippen LogP contribution in [0.5, 0.6) is 0 Å². The molecule has 0 aliphatic carbocycles. The number of rotatable bonds is 4. The molecule has 0 atom stereocenters. The van der Waals surface area contributed by atoms with Gasteiger partial charge >= 0.3 is 0 Å². The van der Waals surface area contributed by atoms with Crippen molar-refractivity contribution in [3.8, 4) is 0 Å². The Morgan fingerprint density at radius 3 is 2.44 bits per heavy atom. The minimum atomic E-state index is -0.480. The van der Waals surface area contributed by atoms with E-state index in [1.807, 2.05) is 75.5 Å². The van der Waals surface area contributed by atoms with Crippen LogP contribution in [0.15, 0.2) is 46.6 Å². The second kappa shape index (κ2) is 7.79. The zero-order chi connectivity index (χ0) is 19.6. The summed E-state index contributed by atoms with van der Waals surface area (Å²) in [6.07, 6.45) is 3.52. The molecular formula is C22H23NO2S2. The molecule has 0 radical (unpaired) electrons. The molecule has 0 fully saturated rings. The maximum absolute atomic E-state index is 13.0. The summed E-state index contributed by atoms with van der Waals surface area (Å²) in [5.41, 5.74) is 1.69. The van der Waals surface area contributed by atoms with Crippen LogP contribution in [-0.2, 0) is 11.3 Å². The Kier molecular flexibility index (Phi) is 5.63. The van der Waals surface area contributed by atoms with Crippen LogP contribution in [0.25, 0.3) is 12.2 Å². The molecule has 0 bridgehead atoms. The van der Waals surface area contributed by atoms with Gasteiger partial charge in [-0.2, -0.15) is 0 Å². The molecule has 0 saturated heterocycles. The zero-order valence-corrected chi connectivity index (χ0v) is 17.6. The van der Waals surface area contributed by atoms with Crippen LogP contribution in [0.3, 0.4) is 0 Å². The molecular weight excluding hydrogens is 374 g/mol. The summed E-state index contributed by atoms with van der Waals surface area (Å²) in [7, 11) is 0. The minimum absolute atomic E-state index is 0.0177. The quantitative estimate of drug-likeness (QED) is 0.675. The summed E-state index contributed by atoms with van der Waals surface area (Å²) >= 11 is 2.97. The van der Waals surface area contributed by atoms with Crippen LogP contribution < -0.4 is 14.8 Å². The van der Waals surface area contributed by atoms with Gasteiger partial charge in [0, 0.05) is 16.4 Å². The summed E-state index contributed by atoms with van der Waals surface area (Å²) in [4.78, 5) is 26.6. The van der Waals surface area contributed by atoms with Crippen LogP contribution in [0.1, 0.15) is 36.8 Å². The number of aromatic nitrogens is 1. The molecule has 0 saturated carbocycles. The zero-order valence-electron chi connectivity index (χ0n) is 16.0. The average molecular weight is 398 g/mol. The van der Waals surface area contributed by atoms with Crippen molar-refractivity contribution in [3.05, 3.63) is 77.3 Å². The van der Waals surface area contributed by atoms with Gasteiger partial charge in [0.25, 0.3) is 5.56 Å². The molecule has 0 aliphatic heterocycles. The van der Waals surface area contributed by atoms with Gasteiger partial charge in [-0.1, -0.05) is 56.7 Å². The highest BCUT2D eigenvalue weighted by Crippen LogP contribution is 2.15. The Balaban J connectivity index is 2.15. The van der Waals surface area contributed by atoms with Crippen molar-refractivity contribution in [1.29, 1.82) is 0 Å². The standard InChI is InChI=1S/C22H23NO2S2/c1-15-7-9-16(10-8-15)14-23-20(13-19(24)22(2,3)4)27-18(21(23)25)12-17-6-5-11-26-17/h5-13H,14H2,1-4H3/b18-12-,20-13-. The van der Waals surface area contributed by atoms with Crippen LogP contribution in [-0.4, -0.2) is 10.4 Å². The molecule has 0 N–H and O–H groups in total. The number of carbonyl (C=O) groups is 1. The lowest BCUT2D eigenvalue weighted by molar-refractivity contribution is -0.120. The first kappa shape index (κ1) is 19.5. The van der Waals surface area contributed by atoms with Gasteiger partial charge in [-0.05, 0) is 30.0 Å². The highest BCUT2D eigenvalue weighted by molar-refractivity contribution is 7.11. The van der Waals surface area contributed by atoms with Gasteiger partial charge in [-0.3, -0.25) is 14.2 Å². The minimum Gasteiger partial charge on any atom is -0.294 e. The molecule has 3 rings (SSSR count). The van der Waals surface area contributed by atoms with Crippen LogP contribution in [0.2, 0.25) is 0 Å². The Bertz CT molecular complexity index is 1110. The third kappa shape index (κ3) is 4.73. The lowest BCUT2D eigenvalue weighted by Gasteiger charge is -2.13. The van der Waals surface area contributed by atoms with Gasteiger partial charge in [-0.15, -0.1) is 22.7 Å². The predicted molar refractivity (Wildman–Crippen MR) is 115 cm³/mol. The Morgan fingerprint density at radius 1 is 1.15 bits per heavy atom. The molecule has 3 aromatic rings. The Hall–Kier alpha value is -2.24. The maximum atomic E-state index is 13.0. The second-order valence-electron chi connectivity index (χ2n) is 7.60. The molecule has 3 nitrogen and oxygen atoms in total. The topological polar surface area (TPSA) is 39.1 Å². The first-order chi connectivity index (χ1) is 12.7. The van der Waals surface area contributed by atoms with Crippen molar-refractivity contribution in [2.75, 3.05) is 0 Å². The number of ketones is 1. The molecule has 1 aromatic carbocycles. The SMILES string of the molecule is Cc1ccc(Cn2c(=O)/c(=C/c3cccs3)s/c2=C\C(=O)C(C)(C)C)cc1. The number of hydrogen-bond acceptors (Lipinski definition) is 4. The Labute approximate surface area is 166 Å². The normalized spacial score (nSPS) is 13.3. The summed E-state index contributed by atoms with van der Waals surface area (Å²) in [6.45, 7) is 8.16. The van der Waals surface area contributed by atoms with E-state index in [1.54, 1.807) is 22.0 Å². The number of benzene rings is 1. The number of Topliss-reactive ketones (excluding diaryl/α,β-unsaturated/α-hetero) is 1. The van der Waals surface area contributed by atoms with Crippen molar-refractivity contribution in [2.45, 2.75) is 34.2 Å². The number of thiazole rings is 1. The molecule has 0 amide bonds. The highest BCUT2D eigenvalue weighted by atomic mass is 32.1. The second-order valence-corrected chi connectivity index (χ2v) is 9.64. The fourth-order valence-corrected chi connectivity index (χ4v) is 4.26. The molecule has 2 aromatic heterocycles. The van der Waals surface area contributed by atoms with Crippen molar-refractivity contribution in [1.82, 2.24) is 4.57 Å². The lowest BCUT2D eigenvalue weighted by Crippen LogP contribution is -2.32. The smallest absolute Gasteiger partial charge is 0.269 e. The van der Waals surface area contributed by atoms with E-state index in [4.69, 9.17) is 0 Å². The van der Waals surface area contributed by atoms with Crippen LogP contribution in [0, 0.1) is 12.3 Å². The molecule has 27 heavy (non-hydrogen) atoms. The molecule has 2 heterocycles. The van der Waals surface area contributed by atoms with Crippen molar-refractivity contribution in [2.24, 2.45) is 5.41 Å². The van der Waals surface area contributed by atoms with Gasteiger partial charge in [0.05, 0.1) is 11.1 Å². The van der Waals surface area contributed by atoms with Gasteiger partial charge in [0.1, 0.15) is 4.66 Å². The average Bonchev–Trinajstić information content (AvgIpc) is 3.20. The molecule has 5 heteroatoms. The number of nitrogens with zero attached hydrogens (tertiary/aromatic N) is 1. The fourth-order valence-electron chi connectivity index (χ4n) is 2.50. The molecule has 0 spiro atoms. The number of hydrogen-bond donors (Lipinski definition) is 0. The van der Waals surface area contributed by atoms with Gasteiger partial charge in [0.2, 0.25) is 0 Å². The van der Waals surface area contributed by atoms with Crippen molar-refractivity contribution < 1.29 is 4.79 Å². The third-order valence-electron chi connectivity index (χ3n) is 4.21. The van der Waals surface area contributed by atoms with Gasteiger partial charge in [0.15, 0.2) is 5.78 Å². The van der Waals surface area contributed by atoms with Crippen molar-refractivity contribution in [3.63, 3.8) is 0 Å². The fraction of sp³-hybridized carbons (Fsp3) is 0.273. The van der Waals surface area contributed by atoms with E-state index in [9.17, 15) is 9.59 Å². The first-order valence-electron chi connectivity index (χ1n) is 8.80. The van der Waals surface area contributed by atoms with E-state index in [1.165, 1.54) is 16.9 Å². The molecule has 0 unspecified atom stereocenters. The van der Waals surface area contributed by atoms with E-state index in [2.05, 4.69) is 0 Å². The van der Waals surface area contributed by atoms with Crippen LogP contribution in [0.4, 0.5) is 0 Å². The van der Waals surface area contributed by atoms with E-state index in [0.717, 1.165) is 10.4 Å². The van der Waals surface area contributed by atoms with E-state index < -0.39 is 5.41 Å². The summed E-state index contributed by atoms with van der Waals surface area (Å²) in [6, 6.07) is 12.1. The summed E-state index contributed by atoms with van der Waals surface area (Å²) in [5, 5.41) is 1.99. The van der Waals surface area contributed by atoms with Gasteiger partial charge < -0.3 is 0 Å². The third-order valence-corrected chi connectivity index (χ3v) is 6.09. The lowest BCUT2D eigenvalue weighted by atomic mass is 9.91. The van der Waals surface area contributed by atoms with E-state index in [0.29, 0.717) is 15.7 Å².